The second-order valence-electron chi connectivity index (χ2n) is 3.76. The molecule has 1 radical (unpaired) electrons. The van der Waals surface area contributed by atoms with Gasteiger partial charge in [-0.1, -0.05) is 41.6 Å². The van der Waals surface area contributed by atoms with E-state index in [9.17, 15) is 0 Å². The predicted molar refractivity (Wildman–Crippen MR) is 61.6 cm³/mol. The average molecular weight is 223 g/mol. The molecule has 17 heavy (non-hydrogen) atoms. The van der Waals surface area contributed by atoms with Crippen molar-refractivity contribution in [2.45, 2.75) is 0 Å². The van der Waals surface area contributed by atoms with Gasteiger partial charge in [0.25, 0.3) is 0 Å². The fourth-order valence-electron chi connectivity index (χ4n) is 2.12. The van der Waals surface area contributed by atoms with Gasteiger partial charge in [-0.2, -0.15) is 0 Å². The van der Waals surface area contributed by atoms with Crippen LogP contribution in [0.5, 0.6) is 0 Å². The molecule has 0 N–H and O–H groups in total. The summed E-state index contributed by atoms with van der Waals surface area (Å²) >= 11 is 0. The van der Waals surface area contributed by atoms with Gasteiger partial charge in [0, 0.05) is 17.2 Å². The third kappa shape index (κ3) is 1.02. The molecule has 0 atom stereocenters. The van der Waals surface area contributed by atoms with Crippen LogP contribution in [0, 0.1) is 6.07 Å². The van der Waals surface area contributed by atoms with Crippen LogP contribution in [0.15, 0.2) is 53.0 Å². The Morgan fingerprint density at radius 3 is 2.94 bits per heavy atom. The summed E-state index contributed by atoms with van der Waals surface area (Å²) in [5.74, 6) is 0. The second kappa shape index (κ2) is 2.98. The van der Waals surface area contributed by atoms with E-state index in [1.807, 2.05) is 42.5 Å². The minimum Gasteiger partial charge on any atom is -0.223 e. The van der Waals surface area contributed by atoms with Crippen molar-refractivity contribution in [1.29, 1.82) is 0 Å². The van der Waals surface area contributed by atoms with Crippen molar-refractivity contribution >= 4 is 11.4 Å². The Labute approximate surface area is 97.4 Å². The Morgan fingerprint density at radius 1 is 1.06 bits per heavy atom. The third-order valence-corrected chi connectivity index (χ3v) is 2.84. The highest BCUT2D eigenvalue weighted by atomic mass is 16.9. The molecule has 0 aromatic heterocycles. The molecule has 0 saturated carbocycles. The minimum absolute atomic E-state index is 0.816. The van der Waals surface area contributed by atoms with Crippen molar-refractivity contribution in [3.05, 3.63) is 48.5 Å². The summed E-state index contributed by atoms with van der Waals surface area (Å²) in [4.78, 5) is 5.13. The summed E-state index contributed by atoms with van der Waals surface area (Å²) < 4.78 is 0. The molecule has 81 valence electrons. The molecule has 0 amide bonds. The normalized spacial score (nSPS) is 15.1. The van der Waals surface area contributed by atoms with Crippen LogP contribution in [0.2, 0.25) is 0 Å². The van der Waals surface area contributed by atoms with Crippen molar-refractivity contribution in [3.8, 4) is 11.1 Å². The largest absolute Gasteiger partial charge is 0.223 e. The standard InChI is InChI=1S/C12H7N4O/c1-3-7-11-9(5-1)10-6-2-4-8-12(10)16-15(11)13-14-17-16/h1-7H. The number of hydrogen-bond acceptors (Lipinski definition) is 5. The van der Waals surface area contributed by atoms with Crippen LogP contribution in [-0.2, 0) is 4.94 Å². The topological polar surface area (TPSA) is 40.4 Å². The van der Waals surface area contributed by atoms with Gasteiger partial charge in [-0.15, -0.1) is 5.12 Å². The van der Waals surface area contributed by atoms with E-state index in [1.54, 1.807) is 5.12 Å². The van der Waals surface area contributed by atoms with Gasteiger partial charge in [-0.05, 0) is 11.3 Å². The summed E-state index contributed by atoms with van der Waals surface area (Å²) in [6.07, 6.45) is 0. The quantitative estimate of drug-likeness (QED) is 0.689. The van der Waals surface area contributed by atoms with E-state index >= 15 is 0 Å². The Bertz CT molecular complexity index is 625. The molecule has 4 rings (SSSR count). The Balaban J connectivity index is 2.06. The van der Waals surface area contributed by atoms with E-state index in [2.05, 4.69) is 16.6 Å². The summed E-state index contributed by atoms with van der Waals surface area (Å²) in [5.41, 5.74) is 3.92. The number of hydrazine groups is 1. The van der Waals surface area contributed by atoms with E-state index < -0.39 is 0 Å². The molecule has 5 nitrogen and oxygen atoms in total. The lowest BCUT2D eigenvalue weighted by Gasteiger charge is -2.30. The van der Waals surface area contributed by atoms with Gasteiger partial charge in [0.15, 0.2) is 0 Å². The maximum Gasteiger partial charge on any atom is 0.120 e. The Kier molecular flexibility index (Phi) is 1.50. The molecule has 2 aliphatic heterocycles. The molecular weight excluding hydrogens is 216 g/mol. The number of anilines is 2. The lowest BCUT2D eigenvalue weighted by atomic mass is 10.0. The van der Waals surface area contributed by atoms with Crippen molar-refractivity contribution in [1.82, 2.24) is 0 Å². The van der Waals surface area contributed by atoms with Gasteiger partial charge in [-0.3, -0.25) is 0 Å². The van der Waals surface area contributed by atoms with Crippen LogP contribution in [0.1, 0.15) is 0 Å². The van der Waals surface area contributed by atoms with Gasteiger partial charge in [0.05, 0.1) is 11.0 Å². The summed E-state index contributed by atoms with van der Waals surface area (Å²) in [6.45, 7) is 0. The minimum atomic E-state index is 0.816. The molecule has 0 aliphatic carbocycles. The molecule has 0 fully saturated rings. The molecule has 0 bridgehead atoms. The highest BCUT2D eigenvalue weighted by Crippen LogP contribution is 2.44. The Morgan fingerprint density at radius 2 is 1.94 bits per heavy atom. The summed E-state index contributed by atoms with van der Waals surface area (Å²) in [5, 5.41) is 10.7. The number of rotatable bonds is 0. The van der Waals surface area contributed by atoms with Crippen molar-refractivity contribution in [3.63, 3.8) is 0 Å². The van der Waals surface area contributed by atoms with E-state index in [0.717, 1.165) is 22.5 Å². The highest BCUT2D eigenvalue weighted by molar-refractivity contribution is 5.90. The molecule has 2 heterocycles. The Hall–Kier alpha value is -2.56. The lowest BCUT2D eigenvalue weighted by molar-refractivity contribution is 0.137. The van der Waals surface area contributed by atoms with Crippen molar-refractivity contribution < 1.29 is 4.94 Å². The van der Waals surface area contributed by atoms with Gasteiger partial charge < -0.3 is 0 Å². The number of benzene rings is 2. The van der Waals surface area contributed by atoms with Crippen LogP contribution >= 0.6 is 0 Å². The van der Waals surface area contributed by atoms with Crippen LogP contribution in [0.3, 0.4) is 0 Å². The van der Waals surface area contributed by atoms with E-state index in [-0.39, 0.29) is 0 Å². The summed E-state index contributed by atoms with van der Waals surface area (Å²) in [6, 6.07) is 17.0. The van der Waals surface area contributed by atoms with E-state index in [4.69, 9.17) is 4.94 Å². The van der Waals surface area contributed by atoms with Crippen molar-refractivity contribution in [2.24, 2.45) is 10.5 Å². The van der Waals surface area contributed by atoms with Gasteiger partial charge >= 0.3 is 0 Å². The molecule has 0 spiro atoms. The van der Waals surface area contributed by atoms with Crippen LogP contribution in [0.4, 0.5) is 11.4 Å². The second-order valence-corrected chi connectivity index (χ2v) is 3.76. The van der Waals surface area contributed by atoms with E-state index in [1.165, 1.54) is 5.17 Å². The molecular formula is C12H7N4O. The molecule has 0 unspecified atom stereocenters. The summed E-state index contributed by atoms with van der Waals surface area (Å²) in [7, 11) is 0. The van der Waals surface area contributed by atoms with Crippen molar-refractivity contribution in [2.75, 3.05) is 10.3 Å². The first-order chi connectivity index (χ1) is 8.45. The van der Waals surface area contributed by atoms with Gasteiger partial charge in [0.2, 0.25) is 0 Å². The third-order valence-electron chi connectivity index (χ3n) is 2.84. The highest BCUT2D eigenvalue weighted by Gasteiger charge is 2.33. The molecule has 5 heteroatoms. The number of fused-ring (bicyclic) bond motifs is 6. The van der Waals surface area contributed by atoms with Crippen LogP contribution in [0.25, 0.3) is 11.1 Å². The first-order valence-electron chi connectivity index (χ1n) is 5.23. The lowest BCUT2D eigenvalue weighted by Crippen LogP contribution is -2.36. The van der Waals surface area contributed by atoms with Crippen LogP contribution < -0.4 is 10.3 Å². The number of hydrogen-bond donors (Lipinski definition) is 0. The smallest absolute Gasteiger partial charge is 0.120 e. The number of nitrogens with zero attached hydrogens (tertiary/aromatic N) is 4. The molecule has 0 saturated heterocycles. The average Bonchev–Trinajstić information content (AvgIpc) is 2.89. The zero-order valence-corrected chi connectivity index (χ0v) is 8.74. The van der Waals surface area contributed by atoms with Crippen LogP contribution in [-0.4, -0.2) is 0 Å². The first-order valence-corrected chi connectivity index (χ1v) is 5.23. The fourth-order valence-corrected chi connectivity index (χ4v) is 2.12. The monoisotopic (exact) mass is 223 g/mol. The first kappa shape index (κ1) is 8.58. The zero-order chi connectivity index (χ0) is 11.2. The SMILES string of the molecule is [c]1cccc2c1N1ON=NN1c1ccccc1-2. The molecule has 2 aliphatic rings. The molecule has 2 aromatic rings. The van der Waals surface area contributed by atoms with Gasteiger partial charge in [-0.25, -0.2) is 4.94 Å². The van der Waals surface area contributed by atoms with E-state index in [0.29, 0.717) is 0 Å². The maximum absolute atomic E-state index is 5.13. The molecule has 2 aromatic carbocycles. The predicted octanol–water partition coefficient (Wildman–Crippen LogP) is 2.92. The zero-order valence-electron chi connectivity index (χ0n) is 8.74. The fraction of sp³-hybridized carbons (Fsp3) is 0. The van der Waals surface area contributed by atoms with Gasteiger partial charge in [0.1, 0.15) is 5.69 Å². The maximum atomic E-state index is 5.13. The number of para-hydroxylation sites is 2.